The summed E-state index contributed by atoms with van der Waals surface area (Å²) >= 11 is 6.10. The van der Waals surface area contributed by atoms with Crippen molar-refractivity contribution in [2.75, 3.05) is 5.32 Å². The van der Waals surface area contributed by atoms with Gasteiger partial charge in [-0.25, -0.2) is 0 Å². The molecule has 0 saturated heterocycles. The van der Waals surface area contributed by atoms with E-state index in [2.05, 4.69) is 26.1 Å². The molecule has 1 N–H and O–H groups in total. The lowest BCUT2D eigenvalue weighted by atomic mass is 9.86. The fourth-order valence-electron chi connectivity index (χ4n) is 2.99. The van der Waals surface area contributed by atoms with E-state index in [1.54, 1.807) is 36.4 Å². The van der Waals surface area contributed by atoms with Crippen LogP contribution >= 0.6 is 11.6 Å². The molecule has 0 aliphatic rings. The molecular weight excluding hydrogens is 394 g/mol. The molecule has 0 aliphatic heterocycles. The minimum atomic E-state index is -0.297. The summed E-state index contributed by atoms with van der Waals surface area (Å²) in [6.45, 7) is 6.41. The van der Waals surface area contributed by atoms with Gasteiger partial charge >= 0.3 is 0 Å². The fourth-order valence-corrected chi connectivity index (χ4v) is 3.18. The van der Waals surface area contributed by atoms with E-state index < -0.39 is 0 Å². The minimum Gasteiger partial charge on any atom is -0.322 e. The molecule has 0 heterocycles. The summed E-state index contributed by atoms with van der Waals surface area (Å²) in [5.74, 6) is -0.382. The van der Waals surface area contributed by atoms with Crippen LogP contribution in [0.25, 0.3) is 6.08 Å². The maximum atomic E-state index is 12.9. The first-order valence-corrected chi connectivity index (χ1v) is 10.1. The molecule has 0 atom stereocenters. The number of anilines is 1. The third-order valence-corrected chi connectivity index (χ3v) is 5.07. The van der Waals surface area contributed by atoms with Gasteiger partial charge in [-0.2, -0.15) is 0 Å². The lowest BCUT2D eigenvalue weighted by Crippen LogP contribution is -2.11. The van der Waals surface area contributed by atoms with Crippen molar-refractivity contribution < 1.29 is 9.59 Å². The second kappa shape index (κ2) is 9.10. The van der Waals surface area contributed by atoms with Crippen molar-refractivity contribution in [3.8, 4) is 0 Å². The van der Waals surface area contributed by atoms with Gasteiger partial charge < -0.3 is 5.32 Å². The average Bonchev–Trinajstić information content (AvgIpc) is 2.72. The van der Waals surface area contributed by atoms with Crippen LogP contribution in [0.5, 0.6) is 0 Å². The first kappa shape index (κ1) is 21.5. The highest BCUT2D eigenvalue weighted by Gasteiger charge is 2.15. The van der Waals surface area contributed by atoms with Gasteiger partial charge in [-0.15, -0.1) is 0 Å². The topological polar surface area (TPSA) is 46.2 Å². The molecular formula is C26H24ClNO2. The molecule has 0 aromatic heterocycles. The zero-order chi connectivity index (χ0) is 21.7. The number of hydrogen-bond donors (Lipinski definition) is 1. The molecule has 30 heavy (non-hydrogen) atoms. The van der Waals surface area contributed by atoms with Crippen LogP contribution in [0.4, 0.5) is 5.69 Å². The second-order valence-electron chi connectivity index (χ2n) is 8.08. The largest absolute Gasteiger partial charge is 0.322 e. The molecule has 3 nitrogen and oxygen atoms in total. The number of rotatable bonds is 5. The van der Waals surface area contributed by atoms with Crippen molar-refractivity contribution in [2.45, 2.75) is 26.2 Å². The summed E-state index contributed by atoms with van der Waals surface area (Å²) in [5, 5.41) is 3.36. The normalized spacial score (nSPS) is 11.5. The standard InChI is InChI=1S/C26H24ClNO2/c1-26(2,3)21-14-11-19(12-15-21)25(30)20-8-6-9-22(17-20)28-24(29)16-13-18-7-4-5-10-23(18)27/h4-17H,1-3H3,(H,28,29)/b16-13+. The highest BCUT2D eigenvalue weighted by atomic mass is 35.5. The van der Waals surface area contributed by atoms with E-state index in [-0.39, 0.29) is 17.1 Å². The second-order valence-corrected chi connectivity index (χ2v) is 8.49. The minimum absolute atomic E-state index is 0.0310. The Labute approximate surface area is 182 Å². The smallest absolute Gasteiger partial charge is 0.248 e. The fraction of sp³-hybridized carbons (Fsp3) is 0.154. The molecule has 3 rings (SSSR count). The van der Waals surface area contributed by atoms with Gasteiger partial charge in [0.25, 0.3) is 0 Å². The van der Waals surface area contributed by atoms with Gasteiger partial charge in [0.1, 0.15) is 0 Å². The summed E-state index contributed by atoms with van der Waals surface area (Å²) in [7, 11) is 0. The number of carbonyl (C=O) groups excluding carboxylic acids is 2. The summed E-state index contributed by atoms with van der Waals surface area (Å²) < 4.78 is 0. The molecule has 3 aromatic carbocycles. The summed E-state index contributed by atoms with van der Waals surface area (Å²) in [6.07, 6.45) is 3.07. The predicted molar refractivity (Wildman–Crippen MR) is 124 cm³/mol. The van der Waals surface area contributed by atoms with E-state index in [0.29, 0.717) is 21.8 Å². The molecule has 0 saturated carbocycles. The highest BCUT2D eigenvalue weighted by Crippen LogP contribution is 2.23. The molecule has 0 spiro atoms. The summed E-state index contributed by atoms with van der Waals surface area (Å²) in [4.78, 5) is 25.1. The molecule has 0 fully saturated rings. The number of ketones is 1. The SMILES string of the molecule is CC(C)(C)c1ccc(C(=O)c2cccc(NC(=O)/C=C/c3ccccc3Cl)c2)cc1. The zero-order valence-electron chi connectivity index (χ0n) is 17.3. The monoisotopic (exact) mass is 417 g/mol. The Morgan fingerprint density at radius 1 is 0.867 bits per heavy atom. The van der Waals surface area contributed by atoms with E-state index in [4.69, 9.17) is 11.6 Å². The Kier molecular flexibility index (Phi) is 6.53. The first-order chi connectivity index (χ1) is 14.2. The van der Waals surface area contributed by atoms with Gasteiger partial charge in [0.15, 0.2) is 5.78 Å². The van der Waals surface area contributed by atoms with E-state index in [1.807, 2.05) is 42.5 Å². The Balaban J connectivity index is 1.72. The number of amides is 1. The summed E-state index contributed by atoms with van der Waals surface area (Å²) in [5.41, 5.74) is 3.66. The van der Waals surface area contributed by atoms with Gasteiger partial charge in [-0.1, -0.05) is 87.0 Å². The maximum Gasteiger partial charge on any atom is 0.248 e. The number of nitrogens with one attached hydrogen (secondary N) is 1. The van der Waals surface area contributed by atoms with E-state index >= 15 is 0 Å². The van der Waals surface area contributed by atoms with Crippen LogP contribution in [-0.4, -0.2) is 11.7 Å². The van der Waals surface area contributed by atoms with Crippen molar-refractivity contribution in [1.82, 2.24) is 0 Å². The highest BCUT2D eigenvalue weighted by molar-refractivity contribution is 6.32. The van der Waals surface area contributed by atoms with Gasteiger partial charge in [-0.3, -0.25) is 9.59 Å². The van der Waals surface area contributed by atoms with Crippen LogP contribution < -0.4 is 5.32 Å². The number of benzene rings is 3. The lowest BCUT2D eigenvalue weighted by molar-refractivity contribution is -0.111. The quantitative estimate of drug-likeness (QED) is 0.379. The van der Waals surface area contributed by atoms with Crippen LogP contribution in [0, 0.1) is 0 Å². The molecule has 0 bridgehead atoms. The van der Waals surface area contributed by atoms with Crippen molar-refractivity contribution >= 4 is 35.1 Å². The van der Waals surface area contributed by atoms with Crippen LogP contribution in [-0.2, 0) is 10.2 Å². The van der Waals surface area contributed by atoms with Gasteiger partial charge in [-0.05, 0) is 40.8 Å². The van der Waals surface area contributed by atoms with Crippen molar-refractivity contribution in [2.24, 2.45) is 0 Å². The molecule has 1 amide bonds. The first-order valence-electron chi connectivity index (χ1n) is 9.73. The molecule has 0 unspecified atom stereocenters. The van der Waals surface area contributed by atoms with Gasteiger partial charge in [0.2, 0.25) is 5.91 Å². The van der Waals surface area contributed by atoms with E-state index in [0.717, 1.165) is 5.56 Å². The number of hydrogen-bond acceptors (Lipinski definition) is 2. The predicted octanol–water partition coefficient (Wildman–Crippen LogP) is 6.52. The van der Waals surface area contributed by atoms with Crippen LogP contribution in [0.2, 0.25) is 5.02 Å². The number of halogens is 1. The Bertz CT molecular complexity index is 1090. The van der Waals surface area contributed by atoms with Crippen molar-refractivity contribution in [3.63, 3.8) is 0 Å². The van der Waals surface area contributed by atoms with Crippen LogP contribution in [0.1, 0.15) is 47.8 Å². The lowest BCUT2D eigenvalue weighted by Gasteiger charge is -2.19. The Hall–Kier alpha value is -3.17. The van der Waals surface area contributed by atoms with Crippen molar-refractivity contribution in [1.29, 1.82) is 0 Å². The Morgan fingerprint density at radius 3 is 2.23 bits per heavy atom. The third-order valence-electron chi connectivity index (χ3n) is 4.72. The van der Waals surface area contributed by atoms with E-state index in [1.165, 1.54) is 11.6 Å². The van der Waals surface area contributed by atoms with Crippen LogP contribution in [0.15, 0.2) is 78.9 Å². The molecule has 0 radical (unpaired) electrons. The average molecular weight is 418 g/mol. The van der Waals surface area contributed by atoms with Crippen LogP contribution in [0.3, 0.4) is 0 Å². The molecule has 0 aliphatic carbocycles. The van der Waals surface area contributed by atoms with E-state index in [9.17, 15) is 9.59 Å². The molecule has 152 valence electrons. The van der Waals surface area contributed by atoms with Gasteiger partial charge in [0, 0.05) is 27.9 Å². The third kappa shape index (κ3) is 5.46. The molecule has 4 heteroatoms. The Morgan fingerprint density at radius 2 is 1.57 bits per heavy atom. The zero-order valence-corrected chi connectivity index (χ0v) is 18.0. The maximum absolute atomic E-state index is 12.9. The van der Waals surface area contributed by atoms with Gasteiger partial charge in [0.05, 0.1) is 0 Å². The number of carbonyl (C=O) groups is 2. The molecule has 3 aromatic rings. The summed E-state index contributed by atoms with van der Waals surface area (Å²) in [6, 6.07) is 21.9. The van der Waals surface area contributed by atoms with Crippen molar-refractivity contribution in [3.05, 3.63) is 106 Å².